The molecule has 0 aliphatic rings. The highest BCUT2D eigenvalue weighted by Crippen LogP contribution is 2.26. The van der Waals surface area contributed by atoms with Crippen molar-refractivity contribution < 1.29 is 4.79 Å². The summed E-state index contributed by atoms with van der Waals surface area (Å²) in [6.45, 7) is 3.33. The van der Waals surface area contributed by atoms with Crippen molar-refractivity contribution in [1.29, 1.82) is 0 Å². The van der Waals surface area contributed by atoms with Crippen LogP contribution in [0.25, 0.3) is 10.6 Å². The molecule has 0 N–H and O–H groups in total. The topological polar surface area (TPSA) is 33.2 Å². The van der Waals surface area contributed by atoms with Crippen molar-refractivity contribution in [1.82, 2.24) is 9.88 Å². The average molecular weight is 334 g/mol. The molecule has 3 heterocycles. The van der Waals surface area contributed by atoms with Crippen molar-refractivity contribution in [2.24, 2.45) is 0 Å². The van der Waals surface area contributed by atoms with Gasteiger partial charge in [0.15, 0.2) is 0 Å². The van der Waals surface area contributed by atoms with Crippen LogP contribution in [0, 0.1) is 0 Å². The second-order valence-corrected chi connectivity index (χ2v) is 7.12. The van der Waals surface area contributed by atoms with Crippen LogP contribution in [0.3, 0.4) is 0 Å². The highest BCUT2D eigenvalue weighted by atomic mass is 32.1. The lowest BCUT2D eigenvalue weighted by molar-refractivity contribution is 0.0749. The summed E-state index contributed by atoms with van der Waals surface area (Å²) in [5.74, 6) is 0.00336. The molecule has 3 aromatic heterocycles. The van der Waals surface area contributed by atoms with Gasteiger partial charge in [-0.05, 0) is 29.8 Å². The molecule has 0 fully saturated rings. The minimum Gasteiger partial charge on any atom is -0.332 e. The van der Waals surface area contributed by atoms with Gasteiger partial charge in [-0.3, -0.25) is 4.79 Å². The Morgan fingerprint density at radius 3 is 2.81 bits per heavy atom. The Labute approximate surface area is 135 Å². The Hall–Kier alpha value is -1.50. The van der Waals surface area contributed by atoms with Crippen molar-refractivity contribution in [3.8, 4) is 10.6 Å². The van der Waals surface area contributed by atoms with E-state index < -0.39 is 0 Å². The molecule has 0 radical (unpaired) electrons. The zero-order chi connectivity index (χ0) is 14.7. The molecule has 3 aromatic rings. The number of nitrogens with zero attached hydrogens (tertiary/aromatic N) is 2. The number of rotatable bonds is 5. The SMILES string of the molecule is CCN(Cc1cccs1)C(=O)c1csc(-c2ccsc2)n1. The van der Waals surface area contributed by atoms with Gasteiger partial charge in [-0.2, -0.15) is 11.3 Å². The van der Waals surface area contributed by atoms with Gasteiger partial charge in [0.1, 0.15) is 10.7 Å². The molecule has 0 spiro atoms. The standard InChI is InChI=1S/C15H14N2OS3/c1-2-17(8-12-4-3-6-20-12)15(18)13-10-21-14(16-13)11-5-7-19-9-11/h3-7,9-10H,2,8H2,1H3. The third-order valence-electron chi connectivity index (χ3n) is 3.09. The van der Waals surface area contributed by atoms with E-state index in [9.17, 15) is 4.79 Å². The molecular formula is C15H14N2OS3. The third kappa shape index (κ3) is 3.23. The maximum atomic E-state index is 12.6. The van der Waals surface area contributed by atoms with Crippen LogP contribution in [0.5, 0.6) is 0 Å². The van der Waals surface area contributed by atoms with Gasteiger partial charge in [0.2, 0.25) is 0 Å². The molecule has 3 nitrogen and oxygen atoms in total. The van der Waals surface area contributed by atoms with E-state index in [2.05, 4.69) is 16.4 Å². The molecule has 21 heavy (non-hydrogen) atoms. The summed E-state index contributed by atoms with van der Waals surface area (Å²) in [5.41, 5.74) is 1.63. The van der Waals surface area contributed by atoms with Crippen LogP contribution in [-0.4, -0.2) is 22.3 Å². The minimum absolute atomic E-state index is 0.00336. The second kappa shape index (κ2) is 6.51. The first-order chi connectivity index (χ1) is 10.3. The molecule has 0 saturated carbocycles. The Morgan fingerprint density at radius 1 is 1.24 bits per heavy atom. The minimum atomic E-state index is 0.00336. The van der Waals surface area contributed by atoms with Gasteiger partial charge in [0.25, 0.3) is 5.91 Å². The number of aromatic nitrogens is 1. The Morgan fingerprint density at radius 2 is 2.14 bits per heavy atom. The lowest BCUT2D eigenvalue weighted by atomic mass is 10.3. The van der Waals surface area contributed by atoms with Gasteiger partial charge >= 0.3 is 0 Å². The van der Waals surface area contributed by atoms with Gasteiger partial charge in [-0.1, -0.05) is 6.07 Å². The zero-order valence-corrected chi connectivity index (χ0v) is 13.9. The lowest BCUT2D eigenvalue weighted by Gasteiger charge is -2.18. The Bertz CT molecular complexity index is 701. The number of carbonyl (C=O) groups excluding carboxylic acids is 1. The predicted octanol–water partition coefficient (Wildman–Crippen LogP) is 4.60. The summed E-state index contributed by atoms with van der Waals surface area (Å²) in [6, 6.07) is 6.09. The maximum absolute atomic E-state index is 12.6. The molecular weight excluding hydrogens is 320 g/mol. The molecule has 0 atom stereocenters. The van der Waals surface area contributed by atoms with Crippen LogP contribution in [0.2, 0.25) is 0 Å². The summed E-state index contributed by atoms with van der Waals surface area (Å²) < 4.78 is 0. The van der Waals surface area contributed by atoms with Gasteiger partial charge in [0.05, 0.1) is 6.54 Å². The molecule has 108 valence electrons. The number of thiophene rings is 2. The number of hydrogen-bond donors (Lipinski definition) is 0. The third-order valence-corrected chi connectivity index (χ3v) is 5.52. The number of thiazole rings is 1. The van der Waals surface area contributed by atoms with Crippen LogP contribution in [0.15, 0.2) is 39.7 Å². The quantitative estimate of drug-likeness (QED) is 0.683. The van der Waals surface area contributed by atoms with E-state index in [1.165, 1.54) is 16.2 Å². The zero-order valence-electron chi connectivity index (χ0n) is 11.5. The van der Waals surface area contributed by atoms with E-state index in [1.807, 2.05) is 40.1 Å². The fourth-order valence-corrected chi connectivity index (χ4v) is 4.20. The van der Waals surface area contributed by atoms with Crippen molar-refractivity contribution in [2.75, 3.05) is 6.54 Å². The summed E-state index contributed by atoms with van der Waals surface area (Å²) in [6.07, 6.45) is 0. The van der Waals surface area contributed by atoms with E-state index in [1.54, 1.807) is 22.7 Å². The normalized spacial score (nSPS) is 10.7. The summed E-state index contributed by atoms with van der Waals surface area (Å²) >= 11 is 4.83. The average Bonchev–Trinajstić information content (AvgIpc) is 3.25. The first-order valence-electron chi connectivity index (χ1n) is 6.57. The van der Waals surface area contributed by atoms with Gasteiger partial charge in [0, 0.05) is 27.7 Å². The molecule has 3 rings (SSSR count). The van der Waals surface area contributed by atoms with Crippen molar-refractivity contribution in [2.45, 2.75) is 13.5 Å². The highest BCUT2D eigenvalue weighted by molar-refractivity contribution is 7.14. The molecule has 1 amide bonds. The number of carbonyl (C=O) groups is 1. The van der Waals surface area contributed by atoms with E-state index >= 15 is 0 Å². The van der Waals surface area contributed by atoms with E-state index in [4.69, 9.17) is 0 Å². The van der Waals surface area contributed by atoms with Crippen molar-refractivity contribution in [3.05, 3.63) is 50.3 Å². The maximum Gasteiger partial charge on any atom is 0.273 e. The molecule has 0 aliphatic carbocycles. The molecule has 0 aromatic carbocycles. The molecule has 6 heteroatoms. The molecule has 0 bridgehead atoms. The molecule has 0 unspecified atom stereocenters. The van der Waals surface area contributed by atoms with Gasteiger partial charge in [-0.25, -0.2) is 4.98 Å². The first-order valence-corrected chi connectivity index (χ1v) is 9.28. The van der Waals surface area contributed by atoms with Crippen molar-refractivity contribution in [3.63, 3.8) is 0 Å². The van der Waals surface area contributed by atoms with Crippen LogP contribution in [0.4, 0.5) is 0 Å². The van der Waals surface area contributed by atoms with E-state index in [0.29, 0.717) is 18.8 Å². The summed E-state index contributed by atoms with van der Waals surface area (Å²) in [7, 11) is 0. The number of amides is 1. The first kappa shape index (κ1) is 14.4. The Kier molecular flexibility index (Phi) is 4.48. The number of hydrogen-bond acceptors (Lipinski definition) is 5. The molecule has 0 saturated heterocycles. The highest BCUT2D eigenvalue weighted by Gasteiger charge is 2.18. The van der Waals surface area contributed by atoms with Crippen LogP contribution in [-0.2, 0) is 6.54 Å². The van der Waals surface area contributed by atoms with E-state index in [-0.39, 0.29) is 5.91 Å². The fourth-order valence-electron chi connectivity index (χ4n) is 1.97. The van der Waals surface area contributed by atoms with Crippen LogP contribution < -0.4 is 0 Å². The largest absolute Gasteiger partial charge is 0.332 e. The summed E-state index contributed by atoms with van der Waals surface area (Å²) in [4.78, 5) is 20.1. The summed E-state index contributed by atoms with van der Waals surface area (Å²) in [5, 5.41) is 8.87. The smallest absolute Gasteiger partial charge is 0.273 e. The van der Waals surface area contributed by atoms with Crippen LogP contribution >= 0.6 is 34.0 Å². The lowest BCUT2D eigenvalue weighted by Crippen LogP contribution is -2.30. The van der Waals surface area contributed by atoms with Gasteiger partial charge < -0.3 is 4.90 Å². The van der Waals surface area contributed by atoms with E-state index in [0.717, 1.165) is 10.6 Å². The van der Waals surface area contributed by atoms with Crippen molar-refractivity contribution >= 4 is 39.9 Å². The predicted molar refractivity (Wildman–Crippen MR) is 90.2 cm³/mol. The Balaban J connectivity index is 1.77. The van der Waals surface area contributed by atoms with Crippen LogP contribution in [0.1, 0.15) is 22.3 Å². The van der Waals surface area contributed by atoms with Gasteiger partial charge in [-0.15, -0.1) is 22.7 Å². The second-order valence-electron chi connectivity index (χ2n) is 4.45. The molecule has 0 aliphatic heterocycles. The fraction of sp³-hybridized carbons (Fsp3) is 0.200. The monoisotopic (exact) mass is 334 g/mol.